The average Bonchev–Trinajstić information content (AvgIpc) is 3.38. The molecule has 0 saturated heterocycles. The third-order valence-corrected chi connectivity index (χ3v) is 4.94. The highest BCUT2D eigenvalue weighted by Gasteiger charge is 2.16. The zero-order valence-electron chi connectivity index (χ0n) is 16.7. The van der Waals surface area contributed by atoms with E-state index in [1.54, 1.807) is 54.3 Å². The van der Waals surface area contributed by atoms with Crippen LogP contribution < -0.4 is 10.1 Å². The van der Waals surface area contributed by atoms with Gasteiger partial charge in [0.1, 0.15) is 29.4 Å². The fourth-order valence-electron chi connectivity index (χ4n) is 2.89. The van der Waals surface area contributed by atoms with Crippen molar-refractivity contribution < 1.29 is 28.3 Å². The van der Waals surface area contributed by atoms with Crippen molar-refractivity contribution in [3.63, 3.8) is 0 Å². The van der Waals surface area contributed by atoms with Gasteiger partial charge in [0.2, 0.25) is 0 Å². The normalized spacial score (nSPS) is 11.1. The van der Waals surface area contributed by atoms with Gasteiger partial charge in [0.05, 0.1) is 24.5 Å². The summed E-state index contributed by atoms with van der Waals surface area (Å²) < 4.78 is 18.1. The number of hydrogen-bond acceptors (Lipinski definition) is 8. The number of carbonyl (C=O) groups is 1. The minimum absolute atomic E-state index is 0.269. The molecule has 4 rings (SSSR count). The van der Waals surface area contributed by atoms with Gasteiger partial charge in [-0.25, -0.2) is 4.89 Å². The Balaban J connectivity index is 1.64. The van der Waals surface area contributed by atoms with Crippen molar-refractivity contribution in [2.24, 2.45) is 7.05 Å². The molecule has 0 aliphatic rings. The number of benzene rings is 2. The molecule has 2 aromatic heterocycles. The van der Waals surface area contributed by atoms with Crippen molar-refractivity contribution in [2.75, 3.05) is 12.4 Å². The van der Waals surface area contributed by atoms with Crippen LogP contribution >= 0.6 is 12.0 Å². The van der Waals surface area contributed by atoms with Gasteiger partial charge in [-0.1, -0.05) is 0 Å². The molecule has 10 heteroatoms. The minimum atomic E-state index is -0.365. The Bertz CT molecular complexity index is 1200. The van der Waals surface area contributed by atoms with E-state index in [2.05, 4.69) is 15.3 Å². The van der Waals surface area contributed by atoms with Gasteiger partial charge in [0.15, 0.2) is 5.82 Å². The molecule has 0 spiro atoms. The van der Waals surface area contributed by atoms with Crippen molar-refractivity contribution in [1.29, 1.82) is 0 Å². The molecule has 2 N–H and O–H groups in total. The van der Waals surface area contributed by atoms with E-state index >= 15 is 0 Å². The summed E-state index contributed by atoms with van der Waals surface area (Å²) in [6, 6.07) is 13.7. The molecule has 160 valence electrons. The number of hydrogen-bond donors (Lipinski definition) is 2. The monoisotopic (exact) mass is 441 g/mol. The molecule has 0 saturated carbocycles. The van der Waals surface area contributed by atoms with E-state index in [9.17, 15) is 9.90 Å². The van der Waals surface area contributed by atoms with E-state index in [-0.39, 0.29) is 12.5 Å². The van der Waals surface area contributed by atoms with Gasteiger partial charge >= 0.3 is 0 Å². The Morgan fingerprint density at radius 2 is 2.03 bits per heavy atom. The summed E-state index contributed by atoms with van der Waals surface area (Å²) in [5.41, 5.74) is 0.751. The quantitative estimate of drug-likeness (QED) is 0.237. The molecule has 0 radical (unpaired) electrons. The number of nitrogens with one attached hydrogen (secondary N) is 1. The summed E-state index contributed by atoms with van der Waals surface area (Å²) in [6.07, 6.45) is 1.73. The molecule has 2 heterocycles. The molecule has 9 nitrogen and oxygen atoms in total. The largest absolute Gasteiger partial charge is 0.458 e. The van der Waals surface area contributed by atoms with Crippen LogP contribution in [-0.2, 0) is 22.9 Å². The summed E-state index contributed by atoms with van der Waals surface area (Å²) >= 11 is 1.07. The molecular weight excluding hydrogens is 422 g/mol. The summed E-state index contributed by atoms with van der Waals surface area (Å²) in [7, 11) is 3.19. The summed E-state index contributed by atoms with van der Waals surface area (Å²) in [5, 5.41) is 17.0. The number of anilines is 1. The van der Waals surface area contributed by atoms with Gasteiger partial charge in [-0.2, -0.15) is 9.43 Å². The van der Waals surface area contributed by atoms with Crippen molar-refractivity contribution in [1.82, 2.24) is 9.78 Å². The summed E-state index contributed by atoms with van der Waals surface area (Å²) in [6.45, 7) is -0.269. The van der Waals surface area contributed by atoms with Crippen LogP contribution in [0.15, 0.2) is 64.0 Å². The lowest BCUT2D eigenvalue weighted by Crippen LogP contribution is -2.12. The SMILES string of the molecule is COOSc1ccc(Oc2cc(C(=O)Nc3ccn(C)n3)cc3oc(CO)cc23)cc1. The first-order valence-electron chi connectivity index (χ1n) is 9.19. The Kier molecular flexibility index (Phi) is 6.23. The van der Waals surface area contributed by atoms with E-state index < -0.39 is 0 Å². The fourth-order valence-corrected chi connectivity index (χ4v) is 3.28. The van der Waals surface area contributed by atoms with E-state index in [1.807, 2.05) is 12.1 Å². The first kappa shape index (κ1) is 20.9. The standard InChI is InChI=1S/C21H19N3O6S/c1-24-8-7-20(23-24)22-21(26)13-9-18(17-11-15(12-25)29-19(17)10-13)28-14-3-5-16(6-4-14)31-30-27-2/h3-11,25H,12H2,1-2H3,(H,22,23,26). The number of fused-ring (bicyclic) bond motifs is 1. The van der Waals surface area contributed by atoms with Crippen LogP contribution in [0.4, 0.5) is 5.82 Å². The average molecular weight is 441 g/mol. The molecule has 4 aromatic rings. The Morgan fingerprint density at radius 3 is 2.71 bits per heavy atom. The van der Waals surface area contributed by atoms with Gasteiger partial charge in [0.25, 0.3) is 5.91 Å². The number of carbonyl (C=O) groups excluding carboxylic acids is 1. The van der Waals surface area contributed by atoms with Crippen molar-refractivity contribution in [2.45, 2.75) is 11.5 Å². The van der Waals surface area contributed by atoms with Crippen molar-refractivity contribution in [3.8, 4) is 11.5 Å². The molecular formula is C21H19N3O6S. The topological polar surface area (TPSA) is 108 Å². The zero-order chi connectivity index (χ0) is 21.8. The molecule has 31 heavy (non-hydrogen) atoms. The first-order valence-corrected chi connectivity index (χ1v) is 9.93. The van der Waals surface area contributed by atoms with Crippen molar-refractivity contribution >= 4 is 34.7 Å². The van der Waals surface area contributed by atoms with Crippen LogP contribution in [-0.4, -0.2) is 27.9 Å². The second kappa shape index (κ2) is 9.23. The maximum atomic E-state index is 12.8. The molecule has 2 aromatic carbocycles. The van der Waals surface area contributed by atoms with Gasteiger partial charge in [-0.3, -0.25) is 9.48 Å². The molecule has 0 aliphatic heterocycles. The lowest BCUT2D eigenvalue weighted by Gasteiger charge is -2.10. The van der Waals surface area contributed by atoms with Crippen LogP contribution in [0.5, 0.6) is 11.5 Å². The molecule has 0 aliphatic carbocycles. The third kappa shape index (κ3) is 4.89. The highest BCUT2D eigenvalue weighted by atomic mass is 32.2. The molecule has 1 amide bonds. The first-order chi connectivity index (χ1) is 15.1. The van der Waals surface area contributed by atoms with Crippen molar-refractivity contribution in [3.05, 3.63) is 66.1 Å². The predicted octanol–water partition coefficient (Wildman–Crippen LogP) is 4.29. The number of ether oxygens (including phenoxy) is 1. The number of furan rings is 1. The van der Waals surface area contributed by atoms with Crippen LogP contribution in [0.3, 0.4) is 0 Å². The number of aryl methyl sites for hydroxylation is 1. The van der Waals surface area contributed by atoms with E-state index in [0.717, 1.165) is 16.9 Å². The van der Waals surface area contributed by atoms with Crippen LogP contribution in [0, 0.1) is 0 Å². The number of aliphatic hydroxyl groups is 1. The smallest absolute Gasteiger partial charge is 0.257 e. The van der Waals surface area contributed by atoms with E-state index in [1.165, 1.54) is 7.11 Å². The Hall–Kier alpha value is -3.31. The van der Waals surface area contributed by atoms with Gasteiger partial charge in [-0.05, 0) is 42.5 Å². The minimum Gasteiger partial charge on any atom is -0.458 e. The molecule has 0 fully saturated rings. The Labute approximate surface area is 181 Å². The highest BCUT2D eigenvalue weighted by Crippen LogP contribution is 2.35. The lowest BCUT2D eigenvalue weighted by atomic mass is 10.1. The number of aliphatic hydroxyl groups excluding tert-OH is 1. The second-order valence-electron chi connectivity index (χ2n) is 6.48. The van der Waals surface area contributed by atoms with E-state index in [0.29, 0.717) is 39.6 Å². The third-order valence-electron chi connectivity index (χ3n) is 4.27. The predicted molar refractivity (Wildman–Crippen MR) is 114 cm³/mol. The van der Waals surface area contributed by atoms with Gasteiger partial charge < -0.3 is 19.6 Å². The number of amides is 1. The lowest BCUT2D eigenvalue weighted by molar-refractivity contribution is -0.160. The van der Waals surface area contributed by atoms with Crippen LogP contribution in [0.2, 0.25) is 0 Å². The van der Waals surface area contributed by atoms with Crippen LogP contribution in [0.25, 0.3) is 11.0 Å². The van der Waals surface area contributed by atoms with Gasteiger partial charge in [-0.15, -0.1) is 0 Å². The maximum absolute atomic E-state index is 12.8. The molecule has 0 bridgehead atoms. The van der Waals surface area contributed by atoms with Gasteiger partial charge in [0, 0.05) is 29.8 Å². The second-order valence-corrected chi connectivity index (χ2v) is 7.25. The zero-order valence-corrected chi connectivity index (χ0v) is 17.5. The summed E-state index contributed by atoms with van der Waals surface area (Å²) in [4.78, 5) is 18.2. The number of nitrogens with zero attached hydrogens (tertiary/aromatic N) is 2. The number of rotatable bonds is 8. The fraction of sp³-hybridized carbons (Fsp3) is 0.143. The highest BCUT2D eigenvalue weighted by molar-refractivity contribution is 7.94. The number of aromatic nitrogens is 2. The maximum Gasteiger partial charge on any atom is 0.257 e. The molecule has 0 atom stereocenters. The summed E-state index contributed by atoms with van der Waals surface area (Å²) in [5.74, 6) is 1.40. The Morgan fingerprint density at radius 1 is 1.23 bits per heavy atom. The molecule has 0 unspecified atom stereocenters. The van der Waals surface area contributed by atoms with E-state index in [4.69, 9.17) is 13.5 Å². The van der Waals surface area contributed by atoms with Crippen LogP contribution in [0.1, 0.15) is 16.1 Å².